The molecular weight excluding hydrogens is 560 g/mol. The normalized spacial score (nSPS) is 13.4. The van der Waals surface area contributed by atoms with Gasteiger partial charge in [-0.2, -0.15) is 0 Å². The molecule has 38 heavy (non-hydrogen) atoms. The minimum Gasteiger partial charge on any atom is -0.488 e. The number of carbonyl (C=O) groups is 1. The van der Waals surface area contributed by atoms with Gasteiger partial charge in [0.25, 0.3) is 0 Å². The Bertz CT molecular complexity index is 1420. The summed E-state index contributed by atoms with van der Waals surface area (Å²) in [6.45, 7) is 5.25. The molecule has 4 aromatic rings. The number of benzene rings is 3. The molecule has 1 aromatic heterocycles. The van der Waals surface area contributed by atoms with E-state index >= 15 is 0 Å². The Balaban J connectivity index is 1.33. The molecule has 7 heteroatoms. The molecule has 0 atom stereocenters. The molecule has 1 aliphatic rings. The summed E-state index contributed by atoms with van der Waals surface area (Å²) < 4.78 is 12.2. The van der Waals surface area contributed by atoms with Crippen LogP contribution in [-0.2, 0) is 30.9 Å². The summed E-state index contributed by atoms with van der Waals surface area (Å²) in [5.74, 6) is 0.475. The third-order valence-electron chi connectivity index (χ3n) is 6.37. The fraction of sp³-hybridized carbons (Fsp3) is 0.226. The predicted molar refractivity (Wildman–Crippen MR) is 157 cm³/mol. The molecule has 0 saturated heterocycles. The number of esters is 1. The van der Waals surface area contributed by atoms with Gasteiger partial charge in [0.1, 0.15) is 17.4 Å². The van der Waals surface area contributed by atoms with Gasteiger partial charge in [-0.1, -0.05) is 60.7 Å². The van der Waals surface area contributed by atoms with Crippen molar-refractivity contribution in [2.45, 2.75) is 33.0 Å². The third-order valence-corrected chi connectivity index (χ3v) is 8.11. The number of halogens is 1. The van der Waals surface area contributed by atoms with Gasteiger partial charge in [-0.3, -0.25) is 4.90 Å². The van der Waals surface area contributed by atoms with Crippen LogP contribution in [0.5, 0.6) is 5.75 Å². The summed E-state index contributed by atoms with van der Waals surface area (Å²) in [6.07, 6.45) is 2.61. The van der Waals surface area contributed by atoms with Crippen LogP contribution in [0.1, 0.15) is 44.4 Å². The second-order valence-corrected chi connectivity index (χ2v) is 11.0. The van der Waals surface area contributed by atoms with E-state index in [0.717, 1.165) is 53.0 Å². The van der Waals surface area contributed by atoms with Gasteiger partial charge in [-0.05, 0) is 69.7 Å². The highest BCUT2D eigenvalue weighted by atomic mass is 79.9. The summed E-state index contributed by atoms with van der Waals surface area (Å²) in [5, 5.41) is 0.704. The lowest BCUT2D eigenvalue weighted by atomic mass is 10.0. The standard InChI is InChI=1S/C31H29BrN2O3S/c1-2-36-31(35)29-25-15-16-34(19-22-9-5-3-6-10-22)20-28(25)38-30(29)33-18-24-13-14-27(26(32)17-24)37-21-23-11-7-4-8-12-23/h3-14,17-18H,2,15-16,19-21H2,1H3. The lowest BCUT2D eigenvalue weighted by molar-refractivity contribution is 0.0526. The first-order chi connectivity index (χ1) is 18.6. The number of hydrogen-bond acceptors (Lipinski definition) is 6. The molecule has 0 N–H and O–H groups in total. The molecule has 2 heterocycles. The first-order valence-electron chi connectivity index (χ1n) is 12.7. The molecule has 1 aliphatic heterocycles. The molecule has 194 valence electrons. The van der Waals surface area contributed by atoms with E-state index < -0.39 is 0 Å². The quantitative estimate of drug-likeness (QED) is 0.149. The van der Waals surface area contributed by atoms with E-state index in [4.69, 9.17) is 14.5 Å². The number of ether oxygens (including phenoxy) is 2. The van der Waals surface area contributed by atoms with Crippen LogP contribution in [0.25, 0.3) is 0 Å². The summed E-state index contributed by atoms with van der Waals surface area (Å²) in [7, 11) is 0. The Labute approximate surface area is 235 Å². The van der Waals surface area contributed by atoms with Crippen LogP contribution in [0.3, 0.4) is 0 Å². The van der Waals surface area contributed by atoms with Gasteiger partial charge in [0.05, 0.1) is 16.6 Å². The van der Waals surface area contributed by atoms with Crippen LogP contribution in [0, 0.1) is 0 Å². The fourth-order valence-electron chi connectivity index (χ4n) is 4.51. The molecular formula is C31H29BrN2O3S. The van der Waals surface area contributed by atoms with Crippen LogP contribution in [-0.4, -0.2) is 30.2 Å². The van der Waals surface area contributed by atoms with Gasteiger partial charge >= 0.3 is 5.97 Å². The van der Waals surface area contributed by atoms with Gasteiger partial charge in [0.2, 0.25) is 0 Å². The zero-order chi connectivity index (χ0) is 26.3. The van der Waals surface area contributed by atoms with Crippen LogP contribution in [0.2, 0.25) is 0 Å². The Morgan fingerprint density at radius 3 is 2.50 bits per heavy atom. The van der Waals surface area contributed by atoms with Gasteiger partial charge in [-0.25, -0.2) is 9.79 Å². The van der Waals surface area contributed by atoms with E-state index in [2.05, 4.69) is 45.1 Å². The first-order valence-corrected chi connectivity index (χ1v) is 14.3. The first kappa shape index (κ1) is 26.4. The van der Waals surface area contributed by atoms with Crippen molar-refractivity contribution in [3.8, 4) is 5.75 Å². The molecule has 0 unspecified atom stereocenters. The highest BCUT2D eigenvalue weighted by Crippen LogP contribution is 2.40. The minimum atomic E-state index is -0.292. The lowest BCUT2D eigenvalue weighted by Gasteiger charge is -2.27. The third kappa shape index (κ3) is 6.41. The number of hydrogen-bond donors (Lipinski definition) is 0. The second-order valence-electron chi connectivity index (χ2n) is 9.07. The summed E-state index contributed by atoms with van der Waals surface area (Å²) in [5.41, 5.74) is 5.01. The zero-order valence-corrected chi connectivity index (χ0v) is 23.6. The number of fused-ring (bicyclic) bond motifs is 1. The molecule has 5 nitrogen and oxygen atoms in total. The van der Waals surface area contributed by atoms with Crippen LogP contribution in [0.15, 0.2) is 88.3 Å². The van der Waals surface area contributed by atoms with Crippen molar-refractivity contribution in [3.05, 3.63) is 116 Å². The molecule has 0 saturated carbocycles. The maximum absolute atomic E-state index is 12.9. The second kappa shape index (κ2) is 12.5. The molecule has 0 radical (unpaired) electrons. The predicted octanol–water partition coefficient (Wildman–Crippen LogP) is 7.58. The summed E-state index contributed by atoms with van der Waals surface area (Å²) in [6, 6.07) is 26.4. The molecule has 0 aliphatic carbocycles. The molecule has 0 amide bonds. The monoisotopic (exact) mass is 588 g/mol. The summed E-state index contributed by atoms with van der Waals surface area (Å²) in [4.78, 5) is 21.3. The number of aliphatic imine (C=N–C) groups is 1. The maximum atomic E-state index is 12.9. The Hall–Kier alpha value is -3.26. The number of nitrogens with zero attached hydrogens (tertiary/aromatic N) is 2. The van der Waals surface area contributed by atoms with Gasteiger partial charge in [0.15, 0.2) is 0 Å². The highest BCUT2D eigenvalue weighted by molar-refractivity contribution is 9.10. The molecule has 0 fully saturated rings. The molecule has 0 spiro atoms. The average molecular weight is 590 g/mol. The Morgan fingerprint density at radius 1 is 1.05 bits per heavy atom. The SMILES string of the molecule is CCOC(=O)c1c(N=Cc2ccc(OCc3ccccc3)c(Br)c2)sc2c1CCN(Cc1ccccc1)C2. The molecule has 3 aromatic carbocycles. The van der Waals surface area contributed by atoms with E-state index in [9.17, 15) is 4.79 Å². The van der Waals surface area contributed by atoms with Crippen molar-refractivity contribution < 1.29 is 14.3 Å². The molecule has 0 bridgehead atoms. The van der Waals surface area contributed by atoms with E-state index in [0.29, 0.717) is 23.8 Å². The van der Waals surface area contributed by atoms with Crippen molar-refractivity contribution >= 4 is 44.5 Å². The number of thiophene rings is 1. The van der Waals surface area contributed by atoms with E-state index in [1.807, 2.05) is 61.5 Å². The Kier molecular flexibility index (Phi) is 8.68. The van der Waals surface area contributed by atoms with Crippen LogP contribution < -0.4 is 4.74 Å². The van der Waals surface area contributed by atoms with E-state index in [1.54, 1.807) is 17.6 Å². The fourth-order valence-corrected chi connectivity index (χ4v) is 6.24. The lowest BCUT2D eigenvalue weighted by Crippen LogP contribution is -2.29. The topological polar surface area (TPSA) is 51.1 Å². The van der Waals surface area contributed by atoms with Crippen molar-refractivity contribution in [2.24, 2.45) is 4.99 Å². The van der Waals surface area contributed by atoms with Crippen molar-refractivity contribution in [1.29, 1.82) is 0 Å². The van der Waals surface area contributed by atoms with Crippen molar-refractivity contribution in [3.63, 3.8) is 0 Å². The maximum Gasteiger partial charge on any atom is 0.341 e. The highest BCUT2D eigenvalue weighted by Gasteiger charge is 2.28. The summed E-state index contributed by atoms with van der Waals surface area (Å²) >= 11 is 5.21. The van der Waals surface area contributed by atoms with E-state index in [1.165, 1.54) is 10.4 Å². The van der Waals surface area contributed by atoms with E-state index in [-0.39, 0.29) is 5.97 Å². The zero-order valence-electron chi connectivity index (χ0n) is 21.2. The molecule has 5 rings (SSSR count). The van der Waals surface area contributed by atoms with Crippen molar-refractivity contribution in [2.75, 3.05) is 13.2 Å². The smallest absolute Gasteiger partial charge is 0.341 e. The number of carbonyl (C=O) groups excluding carboxylic acids is 1. The van der Waals surface area contributed by atoms with Gasteiger partial charge < -0.3 is 9.47 Å². The minimum absolute atomic E-state index is 0.292. The van der Waals surface area contributed by atoms with Gasteiger partial charge in [-0.15, -0.1) is 11.3 Å². The van der Waals surface area contributed by atoms with Crippen molar-refractivity contribution in [1.82, 2.24) is 4.90 Å². The number of rotatable bonds is 9. The largest absolute Gasteiger partial charge is 0.488 e. The van der Waals surface area contributed by atoms with Crippen LogP contribution >= 0.6 is 27.3 Å². The Morgan fingerprint density at radius 2 is 1.79 bits per heavy atom. The average Bonchev–Trinajstić information content (AvgIpc) is 3.30. The van der Waals surface area contributed by atoms with Gasteiger partial charge in [0, 0.05) is 30.7 Å². The van der Waals surface area contributed by atoms with Crippen LogP contribution in [0.4, 0.5) is 5.00 Å².